The molecule has 154 valence electrons. The maximum absolute atomic E-state index is 12.7. The minimum absolute atomic E-state index is 0.114. The van der Waals surface area contributed by atoms with Crippen LogP contribution < -0.4 is 10.0 Å². The molecule has 0 unspecified atom stereocenters. The normalized spacial score (nSPS) is 10.8. The van der Waals surface area contributed by atoms with Crippen molar-refractivity contribution in [2.75, 3.05) is 16.6 Å². The van der Waals surface area contributed by atoms with Crippen LogP contribution >= 0.6 is 0 Å². The second kappa shape index (κ2) is 9.23. The topological polar surface area (TPSA) is 102 Å². The van der Waals surface area contributed by atoms with E-state index in [0.29, 0.717) is 5.69 Å². The van der Waals surface area contributed by atoms with Crippen LogP contribution in [0.5, 0.6) is 0 Å². The Balaban J connectivity index is 1.80. The summed E-state index contributed by atoms with van der Waals surface area (Å²) in [5.41, 5.74) is 0.997. The van der Waals surface area contributed by atoms with E-state index in [9.17, 15) is 18.0 Å². The summed E-state index contributed by atoms with van der Waals surface area (Å²) in [6, 6.07) is 20.5. The lowest BCUT2D eigenvalue weighted by Gasteiger charge is -2.12. The molecule has 3 aromatic carbocycles. The largest absolute Gasteiger partial charge is 0.462 e. The van der Waals surface area contributed by atoms with Gasteiger partial charge in [0.1, 0.15) is 0 Å². The second-order valence-electron chi connectivity index (χ2n) is 6.22. The molecule has 7 nitrogen and oxygen atoms in total. The predicted octanol–water partition coefficient (Wildman–Crippen LogP) is 3.92. The van der Waals surface area contributed by atoms with Crippen molar-refractivity contribution >= 4 is 33.3 Å². The molecular weight excluding hydrogens is 404 g/mol. The smallest absolute Gasteiger partial charge is 0.340 e. The third-order valence-electron chi connectivity index (χ3n) is 4.10. The number of esters is 1. The van der Waals surface area contributed by atoms with Gasteiger partial charge in [-0.25, -0.2) is 13.2 Å². The molecule has 0 aliphatic rings. The maximum Gasteiger partial charge on any atom is 0.340 e. The van der Waals surface area contributed by atoms with E-state index in [2.05, 4.69) is 10.0 Å². The van der Waals surface area contributed by atoms with E-state index in [4.69, 9.17) is 4.74 Å². The summed E-state index contributed by atoms with van der Waals surface area (Å²) in [6.07, 6.45) is 0. The van der Waals surface area contributed by atoms with Gasteiger partial charge in [0.05, 0.1) is 22.8 Å². The van der Waals surface area contributed by atoms with Gasteiger partial charge in [0.2, 0.25) is 0 Å². The second-order valence-corrected chi connectivity index (χ2v) is 7.90. The van der Waals surface area contributed by atoms with Crippen molar-refractivity contribution in [3.8, 4) is 0 Å². The minimum atomic E-state index is -3.78. The van der Waals surface area contributed by atoms with E-state index in [1.54, 1.807) is 67.6 Å². The van der Waals surface area contributed by atoms with E-state index in [0.717, 1.165) is 0 Å². The summed E-state index contributed by atoms with van der Waals surface area (Å²) in [5.74, 6) is -1.04. The van der Waals surface area contributed by atoms with Gasteiger partial charge in [0.25, 0.3) is 15.9 Å². The molecule has 2 N–H and O–H groups in total. The Morgan fingerprint density at radius 3 is 2.33 bits per heavy atom. The summed E-state index contributed by atoms with van der Waals surface area (Å²) in [4.78, 5) is 24.9. The molecule has 1 amide bonds. The monoisotopic (exact) mass is 424 g/mol. The highest BCUT2D eigenvalue weighted by Crippen LogP contribution is 2.20. The van der Waals surface area contributed by atoms with E-state index >= 15 is 0 Å². The van der Waals surface area contributed by atoms with Crippen LogP contribution in [0.4, 0.5) is 11.4 Å². The number of sulfonamides is 1. The van der Waals surface area contributed by atoms with Gasteiger partial charge in [-0.2, -0.15) is 0 Å². The number of para-hydroxylation sites is 1. The van der Waals surface area contributed by atoms with Crippen LogP contribution in [0.1, 0.15) is 27.6 Å². The molecule has 0 saturated heterocycles. The van der Waals surface area contributed by atoms with Crippen LogP contribution in [-0.2, 0) is 14.8 Å². The van der Waals surface area contributed by atoms with Gasteiger partial charge >= 0.3 is 5.97 Å². The number of carbonyl (C=O) groups is 2. The molecule has 0 atom stereocenters. The van der Waals surface area contributed by atoms with Gasteiger partial charge in [0, 0.05) is 11.3 Å². The zero-order chi connectivity index (χ0) is 21.6. The lowest BCUT2D eigenvalue weighted by atomic mass is 10.1. The molecule has 30 heavy (non-hydrogen) atoms. The first-order valence-corrected chi connectivity index (χ1v) is 10.6. The Morgan fingerprint density at radius 1 is 0.900 bits per heavy atom. The van der Waals surface area contributed by atoms with Crippen molar-refractivity contribution in [3.63, 3.8) is 0 Å². The fourth-order valence-electron chi connectivity index (χ4n) is 2.71. The van der Waals surface area contributed by atoms with Crippen LogP contribution in [-0.4, -0.2) is 26.9 Å². The van der Waals surface area contributed by atoms with Crippen LogP contribution in [0, 0.1) is 0 Å². The van der Waals surface area contributed by atoms with Gasteiger partial charge in [-0.15, -0.1) is 0 Å². The van der Waals surface area contributed by atoms with E-state index in [-0.39, 0.29) is 28.3 Å². The minimum Gasteiger partial charge on any atom is -0.462 e. The fraction of sp³-hybridized carbons (Fsp3) is 0.0909. The van der Waals surface area contributed by atoms with Gasteiger partial charge in [-0.3, -0.25) is 9.52 Å². The molecule has 0 radical (unpaired) electrons. The van der Waals surface area contributed by atoms with Crippen molar-refractivity contribution in [2.45, 2.75) is 11.8 Å². The number of hydrogen-bond acceptors (Lipinski definition) is 5. The summed E-state index contributed by atoms with van der Waals surface area (Å²) >= 11 is 0. The number of nitrogens with one attached hydrogen (secondary N) is 2. The van der Waals surface area contributed by atoms with Crippen LogP contribution in [0.25, 0.3) is 0 Å². The average Bonchev–Trinajstić information content (AvgIpc) is 2.75. The Labute approximate surface area is 174 Å². The SMILES string of the molecule is CCOC(=O)c1ccccc1NC(=O)c1cccc(NS(=O)(=O)c2ccccc2)c1. The van der Waals surface area contributed by atoms with Crippen LogP contribution in [0.2, 0.25) is 0 Å². The Morgan fingerprint density at radius 2 is 1.60 bits per heavy atom. The van der Waals surface area contributed by atoms with E-state index in [1.807, 2.05) is 0 Å². The molecule has 0 spiro atoms. The van der Waals surface area contributed by atoms with Gasteiger partial charge in [-0.05, 0) is 49.4 Å². The van der Waals surface area contributed by atoms with Crippen LogP contribution in [0.3, 0.4) is 0 Å². The highest BCUT2D eigenvalue weighted by molar-refractivity contribution is 7.92. The number of rotatable bonds is 7. The third-order valence-corrected chi connectivity index (χ3v) is 5.50. The first-order valence-electron chi connectivity index (χ1n) is 9.16. The van der Waals surface area contributed by atoms with Crippen molar-refractivity contribution < 1.29 is 22.7 Å². The molecule has 0 bridgehead atoms. The number of hydrogen-bond donors (Lipinski definition) is 2. The molecule has 0 aliphatic heterocycles. The number of amides is 1. The molecular formula is C22H20N2O5S. The molecule has 0 fully saturated rings. The zero-order valence-electron chi connectivity index (χ0n) is 16.2. The number of anilines is 2. The summed E-state index contributed by atoms with van der Waals surface area (Å²) in [6.45, 7) is 1.91. The highest BCUT2D eigenvalue weighted by atomic mass is 32.2. The first kappa shape index (κ1) is 21.1. The quantitative estimate of drug-likeness (QED) is 0.560. The van der Waals surface area contributed by atoms with Gasteiger partial charge in [-0.1, -0.05) is 36.4 Å². The van der Waals surface area contributed by atoms with Gasteiger partial charge in [0.15, 0.2) is 0 Å². The van der Waals surface area contributed by atoms with Gasteiger partial charge < -0.3 is 10.1 Å². The van der Waals surface area contributed by atoms with Crippen molar-refractivity contribution in [1.29, 1.82) is 0 Å². The standard InChI is InChI=1S/C22H20N2O5S/c1-2-29-22(26)19-13-6-7-14-20(19)23-21(25)16-9-8-10-17(15-16)24-30(27,28)18-11-4-3-5-12-18/h3-15,24H,2H2,1H3,(H,23,25). The Kier molecular flexibility index (Phi) is 6.48. The number of ether oxygens (including phenoxy) is 1. The number of carbonyl (C=O) groups excluding carboxylic acids is 2. The van der Waals surface area contributed by atoms with Crippen molar-refractivity contribution in [2.24, 2.45) is 0 Å². The fourth-order valence-corrected chi connectivity index (χ4v) is 3.78. The molecule has 3 aromatic rings. The van der Waals surface area contributed by atoms with E-state index < -0.39 is 21.9 Å². The summed E-state index contributed by atoms with van der Waals surface area (Å²) in [7, 11) is -3.78. The van der Waals surface area contributed by atoms with Crippen LogP contribution in [0.15, 0.2) is 83.8 Å². The first-order chi connectivity index (χ1) is 14.4. The lowest BCUT2D eigenvalue weighted by Crippen LogP contribution is -2.17. The summed E-state index contributed by atoms with van der Waals surface area (Å²) in [5, 5.41) is 2.67. The number of benzene rings is 3. The van der Waals surface area contributed by atoms with Crippen molar-refractivity contribution in [1.82, 2.24) is 0 Å². The average molecular weight is 424 g/mol. The predicted molar refractivity (Wildman–Crippen MR) is 114 cm³/mol. The molecule has 0 aliphatic carbocycles. The molecule has 8 heteroatoms. The third kappa shape index (κ3) is 5.03. The lowest BCUT2D eigenvalue weighted by molar-refractivity contribution is 0.0527. The van der Waals surface area contributed by atoms with Crippen molar-refractivity contribution in [3.05, 3.63) is 90.0 Å². The molecule has 0 heterocycles. The molecule has 0 aromatic heterocycles. The molecule has 3 rings (SSSR count). The summed E-state index contributed by atoms with van der Waals surface area (Å²) < 4.78 is 32.4. The maximum atomic E-state index is 12.7. The highest BCUT2D eigenvalue weighted by Gasteiger charge is 2.17. The Bertz CT molecular complexity index is 1160. The molecule has 0 saturated carbocycles. The Hall–Kier alpha value is -3.65. The van der Waals surface area contributed by atoms with E-state index in [1.165, 1.54) is 18.2 Å². The zero-order valence-corrected chi connectivity index (χ0v) is 17.0.